The molecule has 8 nitrogen and oxygen atoms in total. The van der Waals surface area contributed by atoms with E-state index >= 15 is 0 Å². The van der Waals surface area contributed by atoms with Crippen molar-refractivity contribution in [3.8, 4) is 0 Å². The number of hydrogen-bond donors (Lipinski definition) is 1. The Bertz CT molecular complexity index is 1140. The number of unbranched alkanes of at least 4 members (excludes halogenated alkanes) is 1. The molecule has 9 heteroatoms. The summed E-state index contributed by atoms with van der Waals surface area (Å²) in [5, 5.41) is 2.87. The molecular weight excluding hydrogens is 500 g/mol. The number of anilines is 1. The summed E-state index contributed by atoms with van der Waals surface area (Å²) in [6, 6.07) is 16.6. The Morgan fingerprint density at radius 2 is 1.74 bits per heavy atom. The van der Waals surface area contributed by atoms with Gasteiger partial charge in [0.2, 0.25) is 5.91 Å². The molecule has 38 heavy (non-hydrogen) atoms. The van der Waals surface area contributed by atoms with E-state index in [1.807, 2.05) is 47.4 Å². The molecule has 3 rings (SSSR count). The number of urea groups is 1. The lowest BCUT2D eigenvalue weighted by Gasteiger charge is -2.29. The van der Waals surface area contributed by atoms with E-state index in [4.69, 9.17) is 0 Å². The van der Waals surface area contributed by atoms with Gasteiger partial charge >= 0.3 is 6.03 Å². The first-order valence-electron chi connectivity index (χ1n) is 13.6. The number of amides is 3. The molecule has 1 N–H and O–H groups in total. The molecule has 1 saturated heterocycles. The van der Waals surface area contributed by atoms with Crippen molar-refractivity contribution >= 4 is 27.5 Å². The summed E-state index contributed by atoms with van der Waals surface area (Å²) in [4.78, 5) is 31.8. The topological polar surface area (TPSA) is 90.0 Å². The zero-order chi connectivity index (χ0) is 27.5. The van der Waals surface area contributed by atoms with E-state index in [1.54, 1.807) is 17.0 Å². The van der Waals surface area contributed by atoms with Crippen molar-refractivity contribution in [1.82, 2.24) is 14.7 Å². The van der Waals surface area contributed by atoms with Gasteiger partial charge in [-0.05, 0) is 81.9 Å². The fraction of sp³-hybridized carbons (Fsp3) is 0.517. The summed E-state index contributed by atoms with van der Waals surface area (Å²) < 4.78 is 23.4. The van der Waals surface area contributed by atoms with Gasteiger partial charge in [-0.25, -0.2) is 13.2 Å². The molecule has 0 radical (unpaired) electrons. The molecule has 1 aliphatic heterocycles. The Labute approximate surface area is 227 Å². The van der Waals surface area contributed by atoms with Crippen LogP contribution in [0.1, 0.15) is 45.1 Å². The molecule has 2 aromatic rings. The monoisotopic (exact) mass is 542 g/mol. The van der Waals surface area contributed by atoms with Crippen LogP contribution in [0.15, 0.2) is 59.5 Å². The van der Waals surface area contributed by atoms with Gasteiger partial charge in [0.1, 0.15) is 6.54 Å². The first kappa shape index (κ1) is 29.6. The van der Waals surface area contributed by atoms with Crippen molar-refractivity contribution in [2.45, 2.75) is 56.9 Å². The summed E-state index contributed by atoms with van der Waals surface area (Å²) in [7, 11) is -3.18. The van der Waals surface area contributed by atoms with E-state index in [-0.39, 0.29) is 18.5 Å². The van der Waals surface area contributed by atoms with Crippen LogP contribution in [-0.4, -0.2) is 86.6 Å². The number of benzene rings is 2. The summed E-state index contributed by atoms with van der Waals surface area (Å²) in [6.07, 6.45) is 5.81. The molecule has 2 aromatic carbocycles. The van der Waals surface area contributed by atoms with Gasteiger partial charge < -0.3 is 20.0 Å². The minimum absolute atomic E-state index is 0.00188. The SMILES string of the molecule is CCCN(CCCCN1CCCN(C(=O)Nc2ccccc2)CC1=O)C(C)Cc1ccc(S(C)(=O)=O)cc1. The van der Waals surface area contributed by atoms with E-state index in [0.717, 1.165) is 56.4 Å². The quantitative estimate of drug-likeness (QED) is 0.405. The third kappa shape index (κ3) is 9.13. The zero-order valence-electron chi connectivity index (χ0n) is 22.9. The van der Waals surface area contributed by atoms with E-state index < -0.39 is 9.84 Å². The Morgan fingerprint density at radius 3 is 2.39 bits per heavy atom. The molecule has 0 spiro atoms. The van der Waals surface area contributed by atoms with Gasteiger partial charge in [0.15, 0.2) is 9.84 Å². The largest absolute Gasteiger partial charge is 0.341 e. The molecule has 1 fully saturated rings. The number of nitrogens with one attached hydrogen (secondary N) is 1. The van der Waals surface area contributed by atoms with Crippen molar-refractivity contribution < 1.29 is 18.0 Å². The van der Waals surface area contributed by atoms with Crippen molar-refractivity contribution in [3.63, 3.8) is 0 Å². The Morgan fingerprint density at radius 1 is 1.03 bits per heavy atom. The lowest BCUT2D eigenvalue weighted by atomic mass is 10.1. The molecule has 1 atom stereocenters. The highest BCUT2D eigenvalue weighted by Crippen LogP contribution is 2.15. The lowest BCUT2D eigenvalue weighted by molar-refractivity contribution is -0.130. The molecule has 1 heterocycles. The van der Waals surface area contributed by atoms with E-state index in [2.05, 4.69) is 24.1 Å². The predicted octanol–water partition coefficient (Wildman–Crippen LogP) is 4.28. The van der Waals surface area contributed by atoms with Crippen LogP contribution < -0.4 is 5.32 Å². The number of carbonyl (C=O) groups excluding carboxylic acids is 2. The Hall–Kier alpha value is -2.91. The first-order valence-corrected chi connectivity index (χ1v) is 15.5. The van der Waals surface area contributed by atoms with Gasteiger partial charge in [-0.15, -0.1) is 0 Å². The van der Waals surface area contributed by atoms with Gasteiger partial charge in [-0.1, -0.05) is 37.3 Å². The summed E-state index contributed by atoms with van der Waals surface area (Å²) in [6.45, 7) is 8.38. The van der Waals surface area contributed by atoms with Crippen LogP contribution in [0.25, 0.3) is 0 Å². The fourth-order valence-electron chi connectivity index (χ4n) is 4.85. The smallest absolute Gasteiger partial charge is 0.322 e. The number of sulfone groups is 1. The molecule has 3 amide bonds. The fourth-order valence-corrected chi connectivity index (χ4v) is 5.48. The second-order valence-electron chi connectivity index (χ2n) is 10.2. The highest BCUT2D eigenvalue weighted by atomic mass is 32.2. The van der Waals surface area contributed by atoms with Crippen LogP contribution in [0, 0.1) is 0 Å². The second-order valence-corrected chi connectivity index (χ2v) is 12.2. The number of nitrogens with zero attached hydrogens (tertiary/aromatic N) is 3. The molecule has 0 saturated carbocycles. The maximum absolute atomic E-state index is 12.9. The molecule has 0 aromatic heterocycles. The van der Waals surface area contributed by atoms with Crippen LogP contribution in [0.5, 0.6) is 0 Å². The second kappa shape index (κ2) is 14.3. The van der Waals surface area contributed by atoms with Crippen LogP contribution in [0.3, 0.4) is 0 Å². The van der Waals surface area contributed by atoms with Crippen molar-refractivity contribution in [2.75, 3.05) is 50.8 Å². The van der Waals surface area contributed by atoms with Crippen LogP contribution in [0.4, 0.5) is 10.5 Å². The average molecular weight is 543 g/mol. The lowest BCUT2D eigenvalue weighted by Crippen LogP contribution is -2.41. The maximum atomic E-state index is 12.9. The summed E-state index contributed by atoms with van der Waals surface area (Å²) >= 11 is 0. The Balaban J connectivity index is 1.44. The third-order valence-electron chi connectivity index (χ3n) is 6.99. The number of carbonyl (C=O) groups is 2. The summed E-state index contributed by atoms with van der Waals surface area (Å²) in [5.41, 5.74) is 1.85. The molecule has 208 valence electrons. The van der Waals surface area contributed by atoms with Gasteiger partial charge in [-0.2, -0.15) is 0 Å². The third-order valence-corrected chi connectivity index (χ3v) is 8.12. The highest BCUT2D eigenvalue weighted by Gasteiger charge is 2.25. The molecular formula is C29H42N4O4S. The average Bonchev–Trinajstić information content (AvgIpc) is 3.07. The van der Waals surface area contributed by atoms with Gasteiger partial charge in [0, 0.05) is 37.6 Å². The maximum Gasteiger partial charge on any atom is 0.322 e. The van der Waals surface area contributed by atoms with Gasteiger partial charge in [0.05, 0.1) is 4.90 Å². The number of hydrogen-bond acceptors (Lipinski definition) is 5. The van der Waals surface area contributed by atoms with Crippen LogP contribution in [-0.2, 0) is 21.1 Å². The molecule has 1 unspecified atom stereocenters. The van der Waals surface area contributed by atoms with Gasteiger partial charge in [0.25, 0.3) is 0 Å². The van der Waals surface area contributed by atoms with E-state index in [9.17, 15) is 18.0 Å². The van der Waals surface area contributed by atoms with Crippen LogP contribution in [0.2, 0.25) is 0 Å². The summed E-state index contributed by atoms with van der Waals surface area (Å²) in [5.74, 6) is 0.00188. The predicted molar refractivity (Wildman–Crippen MR) is 152 cm³/mol. The Kier molecular flexibility index (Phi) is 11.2. The molecule has 0 aliphatic carbocycles. The number of para-hydroxylation sites is 1. The van der Waals surface area contributed by atoms with Gasteiger partial charge in [-0.3, -0.25) is 4.79 Å². The minimum Gasteiger partial charge on any atom is -0.341 e. The van der Waals surface area contributed by atoms with E-state index in [0.29, 0.717) is 30.6 Å². The molecule has 0 bridgehead atoms. The highest BCUT2D eigenvalue weighted by molar-refractivity contribution is 7.90. The normalized spacial score (nSPS) is 15.4. The van der Waals surface area contributed by atoms with Crippen molar-refractivity contribution in [3.05, 3.63) is 60.2 Å². The van der Waals surface area contributed by atoms with Crippen molar-refractivity contribution in [2.24, 2.45) is 0 Å². The van der Waals surface area contributed by atoms with E-state index in [1.165, 1.54) is 6.26 Å². The first-order chi connectivity index (χ1) is 18.2. The van der Waals surface area contributed by atoms with Crippen LogP contribution >= 0.6 is 0 Å². The minimum atomic E-state index is -3.18. The number of rotatable bonds is 12. The molecule has 1 aliphatic rings. The standard InChI is InChI=1S/C29H42N4O4S/c1-4-17-31(24(2)22-25-13-15-27(16-14-25)38(3,36)37)18-8-9-19-32-20-10-21-33(23-28(32)34)29(35)30-26-11-6-5-7-12-26/h5-7,11-16,24H,4,8-10,17-23H2,1-3H3,(H,30,35). The van der Waals surface area contributed by atoms with Crippen molar-refractivity contribution in [1.29, 1.82) is 0 Å². The zero-order valence-corrected chi connectivity index (χ0v) is 23.8.